The van der Waals surface area contributed by atoms with Crippen LogP contribution in [0.5, 0.6) is 17.2 Å². The van der Waals surface area contributed by atoms with Gasteiger partial charge in [0.05, 0.1) is 22.3 Å². The summed E-state index contributed by atoms with van der Waals surface area (Å²) in [5, 5.41) is 3.11. The third-order valence-corrected chi connectivity index (χ3v) is 7.42. The first-order valence-electron chi connectivity index (χ1n) is 13.7. The van der Waals surface area contributed by atoms with Crippen LogP contribution in [-0.2, 0) is 22.8 Å². The molecule has 0 radical (unpaired) electrons. The zero-order valence-electron chi connectivity index (χ0n) is 23.9. The van der Waals surface area contributed by atoms with E-state index in [-0.39, 0.29) is 17.9 Å². The molecule has 1 saturated heterocycles. The number of carbonyl (C=O) groups excluding carboxylic acids is 3. The highest BCUT2D eigenvalue weighted by molar-refractivity contribution is 6.42. The third kappa shape index (κ3) is 7.22. The average molecular weight is 632 g/mol. The quantitative estimate of drug-likeness (QED) is 0.144. The molecule has 4 amide bonds. The average Bonchev–Trinajstić information content (AvgIpc) is 3.01. The molecular weight excluding hydrogens is 603 g/mol. The number of amides is 4. The Kier molecular flexibility index (Phi) is 9.53. The number of urea groups is 1. The van der Waals surface area contributed by atoms with Gasteiger partial charge in [0, 0.05) is 0 Å². The van der Waals surface area contributed by atoms with Crippen molar-refractivity contribution < 1.29 is 28.6 Å². The van der Waals surface area contributed by atoms with Crippen LogP contribution in [-0.4, -0.2) is 24.5 Å². The third-order valence-electron chi connectivity index (χ3n) is 6.68. The molecule has 1 heterocycles. The number of anilines is 1. The number of ether oxygens (including phenoxy) is 3. The van der Waals surface area contributed by atoms with E-state index in [1.54, 1.807) is 60.7 Å². The number of barbiturate groups is 1. The number of benzene rings is 4. The Morgan fingerprint density at radius 3 is 2.16 bits per heavy atom. The number of imide groups is 2. The maximum absolute atomic E-state index is 13.4. The van der Waals surface area contributed by atoms with Crippen LogP contribution in [0.15, 0.2) is 90.5 Å². The number of halogens is 2. The number of nitrogens with zero attached hydrogens (tertiary/aromatic N) is 1. The monoisotopic (exact) mass is 630 g/mol. The van der Waals surface area contributed by atoms with E-state index in [1.807, 2.05) is 38.1 Å². The molecule has 224 valence electrons. The summed E-state index contributed by atoms with van der Waals surface area (Å²) in [4.78, 5) is 39.8. The number of carbonyl (C=O) groups is 3. The summed E-state index contributed by atoms with van der Waals surface area (Å²) in [6, 6.07) is 23.9. The molecule has 44 heavy (non-hydrogen) atoms. The molecule has 5 rings (SSSR count). The number of hydrogen-bond donors (Lipinski definition) is 1. The Morgan fingerprint density at radius 1 is 0.750 bits per heavy atom. The molecule has 0 saturated carbocycles. The van der Waals surface area contributed by atoms with Crippen LogP contribution in [0.3, 0.4) is 0 Å². The molecule has 0 aliphatic carbocycles. The molecule has 4 aromatic carbocycles. The van der Waals surface area contributed by atoms with Crippen molar-refractivity contribution in [2.24, 2.45) is 0 Å². The van der Waals surface area contributed by atoms with Gasteiger partial charge in [-0.2, -0.15) is 0 Å². The number of hydrogen-bond acceptors (Lipinski definition) is 6. The lowest BCUT2D eigenvalue weighted by atomic mass is 10.1. The highest BCUT2D eigenvalue weighted by Crippen LogP contribution is 2.32. The molecule has 0 aromatic heterocycles. The zero-order chi connectivity index (χ0) is 31.2. The van der Waals surface area contributed by atoms with E-state index >= 15 is 0 Å². The van der Waals surface area contributed by atoms with E-state index < -0.39 is 17.8 Å². The van der Waals surface area contributed by atoms with Gasteiger partial charge in [0.1, 0.15) is 24.5 Å². The summed E-state index contributed by atoms with van der Waals surface area (Å²) >= 11 is 12.1. The minimum absolute atomic E-state index is 0.212. The van der Waals surface area contributed by atoms with Gasteiger partial charge < -0.3 is 14.2 Å². The van der Waals surface area contributed by atoms with Gasteiger partial charge in [-0.25, -0.2) is 9.69 Å². The molecule has 10 heteroatoms. The second-order valence-electron chi connectivity index (χ2n) is 9.90. The summed E-state index contributed by atoms with van der Waals surface area (Å²) in [6.45, 7) is 4.78. The molecule has 1 aliphatic rings. The fraction of sp³-hybridized carbons (Fsp3) is 0.147. The van der Waals surface area contributed by atoms with Gasteiger partial charge >= 0.3 is 6.03 Å². The topological polar surface area (TPSA) is 94.2 Å². The maximum atomic E-state index is 13.4. The first-order valence-corrected chi connectivity index (χ1v) is 14.5. The van der Waals surface area contributed by atoms with Crippen molar-refractivity contribution in [2.45, 2.75) is 27.1 Å². The van der Waals surface area contributed by atoms with Gasteiger partial charge in [0.25, 0.3) is 11.8 Å². The molecule has 0 atom stereocenters. The van der Waals surface area contributed by atoms with Gasteiger partial charge in [0.2, 0.25) is 0 Å². The maximum Gasteiger partial charge on any atom is 0.335 e. The second-order valence-corrected chi connectivity index (χ2v) is 10.7. The summed E-state index contributed by atoms with van der Waals surface area (Å²) in [5.41, 5.74) is 3.56. The zero-order valence-corrected chi connectivity index (χ0v) is 25.4. The molecule has 4 aromatic rings. The Balaban J connectivity index is 1.32. The summed E-state index contributed by atoms with van der Waals surface area (Å²) < 4.78 is 17.5. The lowest BCUT2D eigenvalue weighted by Gasteiger charge is -2.26. The number of nitrogens with one attached hydrogen (secondary N) is 1. The van der Waals surface area contributed by atoms with Gasteiger partial charge in [0.15, 0.2) is 11.5 Å². The van der Waals surface area contributed by atoms with E-state index in [0.29, 0.717) is 46.1 Å². The van der Waals surface area contributed by atoms with Gasteiger partial charge in [-0.15, -0.1) is 0 Å². The predicted octanol–water partition coefficient (Wildman–Crippen LogP) is 7.52. The van der Waals surface area contributed by atoms with Gasteiger partial charge in [-0.3, -0.25) is 14.9 Å². The van der Waals surface area contributed by atoms with E-state index in [2.05, 4.69) is 5.32 Å². The highest BCUT2D eigenvalue weighted by atomic mass is 35.5. The van der Waals surface area contributed by atoms with Crippen LogP contribution in [0.2, 0.25) is 10.0 Å². The van der Waals surface area contributed by atoms with E-state index in [0.717, 1.165) is 21.6 Å². The largest absolute Gasteiger partial charge is 0.490 e. The minimum atomic E-state index is -0.841. The Morgan fingerprint density at radius 2 is 1.45 bits per heavy atom. The molecule has 8 nitrogen and oxygen atoms in total. The van der Waals surface area contributed by atoms with Gasteiger partial charge in [-0.05, 0) is 85.1 Å². The molecule has 0 unspecified atom stereocenters. The van der Waals surface area contributed by atoms with Crippen LogP contribution >= 0.6 is 23.2 Å². The van der Waals surface area contributed by atoms with Crippen molar-refractivity contribution >= 4 is 52.8 Å². The standard InChI is InChI=1S/C34H28Cl2N2O6/c1-3-42-31-18-23(9-15-30(31)44-20-24-8-14-28(35)29(36)17-24)16-27-32(39)37-34(41)38(33(27)40)25-10-12-26(13-11-25)43-19-22-6-4-21(2)5-7-22/h4-18H,3,19-20H2,1-2H3,(H,37,39,41)/b27-16+. The van der Waals surface area contributed by atoms with E-state index in [1.165, 1.54) is 6.08 Å². The summed E-state index contributed by atoms with van der Waals surface area (Å²) in [7, 11) is 0. The van der Waals surface area contributed by atoms with Crippen molar-refractivity contribution in [3.63, 3.8) is 0 Å². The van der Waals surface area contributed by atoms with Crippen LogP contribution in [0, 0.1) is 6.92 Å². The Bertz CT molecular complexity index is 1740. The van der Waals surface area contributed by atoms with Crippen molar-refractivity contribution in [1.82, 2.24) is 5.32 Å². The lowest BCUT2D eigenvalue weighted by Crippen LogP contribution is -2.54. The fourth-order valence-corrected chi connectivity index (χ4v) is 4.71. The van der Waals surface area contributed by atoms with E-state index in [9.17, 15) is 14.4 Å². The summed E-state index contributed by atoms with van der Waals surface area (Å²) in [5.74, 6) is -0.117. The smallest absolute Gasteiger partial charge is 0.335 e. The van der Waals surface area contributed by atoms with Gasteiger partial charge in [-0.1, -0.05) is 65.2 Å². The lowest BCUT2D eigenvalue weighted by molar-refractivity contribution is -0.122. The van der Waals surface area contributed by atoms with Crippen LogP contribution in [0.4, 0.5) is 10.5 Å². The molecule has 1 fully saturated rings. The van der Waals surface area contributed by atoms with Crippen molar-refractivity contribution in [3.05, 3.63) is 123 Å². The number of rotatable bonds is 10. The minimum Gasteiger partial charge on any atom is -0.490 e. The van der Waals surface area contributed by atoms with Crippen LogP contribution in [0.1, 0.15) is 29.2 Å². The number of aryl methyl sites for hydroxylation is 1. The Labute approximate surface area is 264 Å². The van der Waals surface area contributed by atoms with Crippen molar-refractivity contribution in [1.29, 1.82) is 0 Å². The Hall–Kier alpha value is -4.79. The normalized spacial score (nSPS) is 14.0. The van der Waals surface area contributed by atoms with E-state index in [4.69, 9.17) is 37.4 Å². The molecule has 1 aliphatic heterocycles. The second kappa shape index (κ2) is 13.7. The van der Waals surface area contributed by atoms with Crippen molar-refractivity contribution in [2.75, 3.05) is 11.5 Å². The highest BCUT2D eigenvalue weighted by Gasteiger charge is 2.36. The van der Waals surface area contributed by atoms with Crippen molar-refractivity contribution in [3.8, 4) is 17.2 Å². The predicted molar refractivity (Wildman–Crippen MR) is 169 cm³/mol. The summed E-state index contributed by atoms with van der Waals surface area (Å²) in [6.07, 6.45) is 1.40. The fourth-order valence-electron chi connectivity index (χ4n) is 4.39. The molecule has 1 N–H and O–H groups in total. The van der Waals surface area contributed by atoms with Crippen LogP contribution in [0.25, 0.3) is 6.08 Å². The molecule has 0 bridgehead atoms. The first kappa shape index (κ1) is 30.7. The first-order chi connectivity index (χ1) is 21.2. The molecule has 0 spiro atoms. The van der Waals surface area contributed by atoms with Crippen LogP contribution < -0.4 is 24.4 Å². The molecular formula is C34H28Cl2N2O6. The SMILES string of the molecule is CCOc1cc(/C=C2\C(=O)NC(=O)N(c3ccc(OCc4ccc(C)cc4)cc3)C2=O)ccc1OCc1ccc(Cl)c(Cl)c1.